The van der Waals surface area contributed by atoms with Gasteiger partial charge in [-0.05, 0) is 52.3 Å². The molecule has 0 saturated carbocycles. The normalized spacial score (nSPS) is 12.5. The van der Waals surface area contributed by atoms with Gasteiger partial charge < -0.3 is 28.7 Å². The minimum atomic E-state index is -0.374. The third-order valence-electron chi connectivity index (χ3n) is 10.7. The zero-order chi connectivity index (χ0) is 44.3. The van der Waals surface area contributed by atoms with Crippen LogP contribution in [0.3, 0.4) is 0 Å². The summed E-state index contributed by atoms with van der Waals surface area (Å²) in [5.74, 6) is 0.589. The van der Waals surface area contributed by atoms with Gasteiger partial charge in [-0.25, -0.2) is 0 Å². The molecule has 0 spiro atoms. The lowest BCUT2D eigenvalue weighted by atomic mass is 10.1. The number of carbonyl (C=O) groups excluding carboxylic acids is 4. The molecule has 0 aromatic heterocycles. The van der Waals surface area contributed by atoms with Crippen molar-refractivity contribution < 1.29 is 38.1 Å². The second-order valence-corrected chi connectivity index (χ2v) is 19.6. The Morgan fingerprint density at radius 2 is 0.717 bits per heavy atom. The SMILES string of the molecule is CCCCCCCCCCCCCCSC(C)C(=O)OCCOC(=O)CCN(CCC(=O)OCCOC(=O)C(C)SCCCCCCCCCCCCCC)CCN(C)C. The first-order valence-corrected chi connectivity index (χ1v) is 26.4. The van der Waals surface area contributed by atoms with E-state index in [1.165, 1.54) is 141 Å². The van der Waals surface area contributed by atoms with Crippen molar-refractivity contribution in [2.24, 2.45) is 0 Å². The van der Waals surface area contributed by atoms with E-state index in [0.29, 0.717) is 19.6 Å². The van der Waals surface area contributed by atoms with Crippen molar-refractivity contribution in [3.63, 3.8) is 0 Å². The van der Waals surface area contributed by atoms with Crippen LogP contribution in [-0.2, 0) is 38.1 Å². The molecule has 0 saturated heterocycles. The highest BCUT2D eigenvalue weighted by atomic mass is 32.2. The Labute approximate surface area is 377 Å². The van der Waals surface area contributed by atoms with Crippen molar-refractivity contribution in [2.75, 3.05) is 78.2 Å². The van der Waals surface area contributed by atoms with Crippen LogP contribution in [0.15, 0.2) is 0 Å². The Balaban J connectivity index is 4.01. The van der Waals surface area contributed by atoms with Gasteiger partial charge in [-0.2, -0.15) is 0 Å². The predicted octanol–water partition coefficient (Wildman–Crippen LogP) is 11.4. The molecule has 0 aliphatic heterocycles. The lowest BCUT2D eigenvalue weighted by Gasteiger charge is -2.23. The van der Waals surface area contributed by atoms with E-state index in [1.54, 1.807) is 23.5 Å². The van der Waals surface area contributed by atoms with Crippen molar-refractivity contribution in [1.29, 1.82) is 0 Å². The number of carbonyl (C=O) groups is 4. The molecule has 0 fully saturated rings. The quantitative estimate of drug-likeness (QED) is 0.0330. The summed E-state index contributed by atoms with van der Waals surface area (Å²) >= 11 is 3.25. The standard InChI is InChI=1S/C48H92N2O8S2/c1-7-9-11-13-15-17-19-21-23-25-27-29-41-59-43(3)47(53)57-39-37-55-45(51)31-33-50(36-35-49(5)6)34-32-46(52)56-38-40-58-48(54)44(4)60-42-30-28-26-24-22-20-18-16-14-12-10-8-2/h43-44H,7-42H2,1-6H3. The van der Waals surface area contributed by atoms with Gasteiger partial charge in [0.05, 0.1) is 23.3 Å². The maximum absolute atomic E-state index is 12.5. The second-order valence-electron chi connectivity index (χ2n) is 16.7. The molecule has 0 amide bonds. The monoisotopic (exact) mass is 889 g/mol. The van der Waals surface area contributed by atoms with Crippen LogP contribution in [0.1, 0.15) is 195 Å². The second kappa shape index (κ2) is 44.1. The summed E-state index contributed by atoms with van der Waals surface area (Å²) in [6, 6.07) is 0. The van der Waals surface area contributed by atoms with E-state index in [9.17, 15) is 19.2 Å². The summed E-state index contributed by atoms with van der Waals surface area (Å²) in [7, 11) is 3.95. The fraction of sp³-hybridized carbons (Fsp3) is 0.917. The Hall–Kier alpha value is -1.50. The molecule has 0 aliphatic carbocycles. The number of nitrogens with zero attached hydrogens (tertiary/aromatic N) is 2. The molecule has 0 rings (SSSR count). The van der Waals surface area contributed by atoms with E-state index in [0.717, 1.165) is 30.9 Å². The van der Waals surface area contributed by atoms with Crippen molar-refractivity contribution in [3.8, 4) is 0 Å². The van der Waals surface area contributed by atoms with Gasteiger partial charge in [0.2, 0.25) is 0 Å². The molecule has 0 N–H and O–H groups in total. The highest BCUT2D eigenvalue weighted by molar-refractivity contribution is 8.00. The molecule has 12 heteroatoms. The first-order valence-electron chi connectivity index (χ1n) is 24.3. The van der Waals surface area contributed by atoms with Crippen molar-refractivity contribution in [3.05, 3.63) is 0 Å². The van der Waals surface area contributed by atoms with Crippen LogP contribution < -0.4 is 0 Å². The number of esters is 4. The van der Waals surface area contributed by atoms with E-state index in [1.807, 2.05) is 37.7 Å². The Kier molecular flexibility index (Phi) is 43.0. The largest absolute Gasteiger partial charge is 0.462 e. The molecule has 60 heavy (non-hydrogen) atoms. The molecular weight excluding hydrogens is 797 g/mol. The Morgan fingerprint density at radius 1 is 0.417 bits per heavy atom. The number of thioether (sulfide) groups is 2. The Morgan fingerprint density at radius 3 is 1.03 bits per heavy atom. The van der Waals surface area contributed by atoms with E-state index in [4.69, 9.17) is 18.9 Å². The van der Waals surface area contributed by atoms with Gasteiger partial charge >= 0.3 is 23.9 Å². The van der Waals surface area contributed by atoms with Gasteiger partial charge in [-0.15, -0.1) is 23.5 Å². The zero-order valence-electron chi connectivity index (χ0n) is 39.6. The number of unbranched alkanes of at least 4 members (excludes halogenated alkanes) is 22. The molecular formula is C48H92N2O8S2. The average Bonchev–Trinajstić information content (AvgIpc) is 3.23. The Bertz CT molecular complexity index is 949. The average molecular weight is 889 g/mol. The summed E-state index contributed by atoms with van der Waals surface area (Å²) in [4.78, 5) is 53.8. The fourth-order valence-electron chi connectivity index (χ4n) is 6.69. The van der Waals surface area contributed by atoms with E-state index in [-0.39, 0.29) is 73.6 Å². The van der Waals surface area contributed by atoms with Gasteiger partial charge in [0.25, 0.3) is 0 Å². The van der Waals surface area contributed by atoms with E-state index >= 15 is 0 Å². The molecule has 2 unspecified atom stereocenters. The van der Waals surface area contributed by atoms with Gasteiger partial charge in [-0.3, -0.25) is 19.2 Å². The van der Waals surface area contributed by atoms with Gasteiger partial charge in [0.1, 0.15) is 26.4 Å². The third-order valence-corrected chi connectivity index (χ3v) is 13.1. The third kappa shape index (κ3) is 40.6. The van der Waals surface area contributed by atoms with Crippen LogP contribution in [0.25, 0.3) is 0 Å². The van der Waals surface area contributed by atoms with Crippen LogP contribution in [0.5, 0.6) is 0 Å². The van der Waals surface area contributed by atoms with Gasteiger partial charge in [0.15, 0.2) is 0 Å². The lowest BCUT2D eigenvalue weighted by Crippen LogP contribution is -2.35. The summed E-state index contributed by atoms with van der Waals surface area (Å²) in [5, 5.41) is -0.487. The van der Waals surface area contributed by atoms with Crippen molar-refractivity contribution >= 4 is 47.4 Å². The maximum Gasteiger partial charge on any atom is 0.318 e. The summed E-state index contributed by atoms with van der Waals surface area (Å²) in [5.41, 5.74) is 0. The fourth-order valence-corrected chi connectivity index (χ4v) is 8.55. The minimum absolute atomic E-state index is 0.0200. The summed E-state index contributed by atoms with van der Waals surface area (Å²) < 4.78 is 21.4. The smallest absolute Gasteiger partial charge is 0.318 e. The van der Waals surface area contributed by atoms with Crippen molar-refractivity contribution in [2.45, 2.75) is 205 Å². The molecule has 2 atom stereocenters. The van der Waals surface area contributed by atoms with Crippen molar-refractivity contribution in [1.82, 2.24) is 9.80 Å². The minimum Gasteiger partial charge on any atom is -0.462 e. The molecule has 0 radical (unpaired) electrons. The first-order chi connectivity index (χ1) is 29.1. The van der Waals surface area contributed by atoms with E-state index < -0.39 is 0 Å². The molecule has 0 aromatic rings. The summed E-state index contributed by atoms with van der Waals surface area (Å²) in [6.45, 7) is 10.7. The van der Waals surface area contributed by atoms with Crippen LogP contribution in [-0.4, -0.2) is 122 Å². The topological polar surface area (TPSA) is 112 Å². The number of ether oxygens (including phenoxy) is 4. The first kappa shape index (κ1) is 58.5. The summed E-state index contributed by atoms with van der Waals surface area (Å²) in [6.07, 6.45) is 31.9. The molecule has 0 bridgehead atoms. The van der Waals surface area contributed by atoms with Crippen LogP contribution in [0.4, 0.5) is 0 Å². The molecule has 0 aromatic carbocycles. The maximum atomic E-state index is 12.5. The highest BCUT2D eigenvalue weighted by Crippen LogP contribution is 2.18. The van der Waals surface area contributed by atoms with Gasteiger partial charge in [-0.1, -0.05) is 155 Å². The van der Waals surface area contributed by atoms with Gasteiger partial charge in [0, 0.05) is 26.2 Å². The number of rotatable bonds is 45. The van der Waals surface area contributed by atoms with Crippen LogP contribution in [0.2, 0.25) is 0 Å². The predicted molar refractivity (Wildman–Crippen MR) is 254 cm³/mol. The molecule has 10 nitrogen and oxygen atoms in total. The van der Waals surface area contributed by atoms with E-state index in [2.05, 4.69) is 13.8 Å². The van der Waals surface area contributed by atoms with Crippen LogP contribution >= 0.6 is 23.5 Å². The molecule has 354 valence electrons. The number of hydrogen-bond donors (Lipinski definition) is 0. The number of hydrogen-bond acceptors (Lipinski definition) is 12. The molecule has 0 aliphatic rings. The zero-order valence-corrected chi connectivity index (χ0v) is 41.2. The lowest BCUT2D eigenvalue weighted by molar-refractivity contribution is -0.152. The number of likely N-dealkylation sites (N-methyl/N-ethyl adjacent to an activating group) is 1. The molecule has 0 heterocycles. The highest BCUT2D eigenvalue weighted by Gasteiger charge is 2.17. The van der Waals surface area contributed by atoms with Crippen LogP contribution in [0, 0.1) is 0 Å².